The van der Waals surface area contributed by atoms with Gasteiger partial charge in [0.1, 0.15) is 18.5 Å². The van der Waals surface area contributed by atoms with Crippen LogP contribution >= 0.6 is 23.2 Å². The summed E-state index contributed by atoms with van der Waals surface area (Å²) in [7, 11) is 0. The van der Waals surface area contributed by atoms with E-state index in [1.807, 2.05) is 49.4 Å². The summed E-state index contributed by atoms with van der Waals surface area (Å²) in [6, 6.07) is 25.8. The number of aromatic nitrogens is 2. The first kappa shape index (κ1) is 22.0. The number of allylic oxidation sites excluding steroid dienone is 1. The van der Waals surface area contributed by atoms with Crippen LogP contribution in [0.1, 0.15) is 22.5 Å². The van der Waals surface area contributed by atoms with E-state index in [0.29, 0.717) is 39.4 Å². The molecule has 4 nitrogen and oxygen atoms in total. The summed E-state index contributed by atoms with van der Waals surface area (Å²) < 4.78 is 6.02. The van der Waals surface area contributed by atoms with Crippen LogP contribution in [0.5, 0.6) is 5.75 Å². The van der Waals surface area contributed by atoms with E-state index in [1.54, 1.807) is 18.2 Å². The molecule has 166 valence electrons. The molecule has 6 heteroatoms. The van der Waals surface area contributed by atoms with Gasteiger partial charge in [0.05, 0.1) is 26.7 Å². The number of H-pyrrole nitrogens is 1. The van der Waals surface area contributed by atoms with Gasteiger partial charge in [0.15, 0.2) is 5.75 Å². The van der Waals surface area contributed by atoms with Crippen LogP contribution in [-0.2, 0) is 6.61 Å². The highest BCUT2D eigenvalue weighted by Crippen LogP contribution is 2.36. The zero-order valence-corrected chi connectivity index (χ0v) is 19.8. The van der Waals surface area contributed by atoms with Crippen LogP contribution in [-0.4, -0.2) is 9.97 Å². The number of aromatic amines is 1. The standard InChI is InChI=1S/C28H19Cl2N3O/c1-17-9-10-25-26(11-17)33-28(32-25)21(15-31)12-18-13-23(29)27(24(30)14-18)34-16-20-7-4-6-19-5-2-3-8-22(19)20/h2-14H,16H2,1H3,(H,32,33). The van der Waals surface area contributed by atoms with Crippen LogP contribution in [0, 0.1) is 18.3 Å². The molecule has 0 saturated heterocycles. The molecule has 0 aliphatic rings. The molecule has 0 amide bonds. The first-order valence-electron chi connectivity index (χ1n) is 10.7. The van der Waals surface area contributed by atoms with Gasteiger partial charge in [-0.2, -0.15) is 5.26 Å². The molecule has 1 N–H and O–H groups in total. The molecule has 0 saturated carbocycles. The second kappa shape index (κ2) is 9.23. The largest absolute Gasteiger partial charge is 0.486 e. The fourth-order valence-corrected chi connectivity index (χ4v) is 4.55. The molecule has 5 aromatic rings. The molecule has 4 aromatic carbocycles. The van der Waals surface area contributed by atoms with Crippen molar-refractivity contribution >= 4 is 56.7 Å². The molecule has 0 spiro atoms. The summed E-state index contributed by atoms with van der Waals surface area (Å²) in [5, 5.41) is 12.8. The van der Waals surface area contributed by atoms with E-state index in [9.17, 15) is 5.26 Å². The maximum absolute atomic E-state index is 9.74. The molecule has 0 bridgehead atoms. The second-order valence-electron chi connectivity index (χ2n) is 8.02. The average molecular weight is 484 g/mol. The van der Waals surface area contributed by atoms with Crippen molar-refractivity contribution in [1.82, 2.24) is 9.97 Å². The Labute approximate surface area is 207 Å². The lowest BCUT2D eigenvalue weighted by atomic mass is 10.1. The molecule has 1 heterocycles. The lowest BCUT2D eigenvalue weighted by Gasteiger charge is -2.12. The Morgan fingerprint density at radius 1 is 1.03 bits per heavy atom. The van der Waals surface area contributed by atoms with Crippen LogP contribution in [0.3, 0.4) is 0 Å². The van der Waals surface area contributed by atoms with Crippen LogP contribution in [0.4, 0.5) is 0 Å². The summed E-state index contributed by atoms with van der Waals surface area (Å²) in [6.45, 7) is 2.34. The van der Waals surface area contributed by atoms with E-state index in [0.717, 1.165) is 32.9 Å². The molecule has 5 rings (SSSR count). The van der Waals surface area contributed by atoms with Crippen molar-refractivity contribution in [3.63, 3.8) is 0 Å². The number of imidazole rings is 1. The van der Waals surface area contributed by atoms with E-state index in [1.165, 1.54) is 0 Å². The first-order chi connectivity index (χ1) is 16.5. The third kappa shape index (κ3) is 4.36. The molecule has 34 heavy (non-hydrogen) atoms. The van der Waals surface area contributed by atoms with Crippen molar-refractivity contribution in [2.45, 2.75) is 13.5 Å². The van der Waals surface area contributed by atoms with E-state index in [2.05, 4.69) is 34.2 Å². The predicted octanol–water partition coefficient (Wildman–Crippen LogP) is 7.97. The highest BCUT2D eigenvalue weighted by atomic mass is 35.5. The average Bonchev–Trinajstić information content (AvgIpc) is 3.25. The van der Waals surface area contributed by atoms with Gasteiger partial charge in [-0.25, -0.2) is 4.98 Å². The van der Waals surface area contributed by atoms with Crippen molar-refractivity contribution in [3.05, 3.63) is 105 Å². The maximum atomic E-state index is 9.74. The minimum atomic E-state index is 0.331. The Hall–Kier alpha value is -3.78. The van der Waals surface area contributed by atoms with Crippen molar-refractivity contribution in [3.8, 4) is 11.8 Å². The molecule has 0 aliphatic heterocycles. The molecule has 1 aromatic heterocycles. The Bertz CT molecular complexity index is 1580. The number of nitrogens with one attached hydrogen (secondary N) is 1. The van der Waals surface area contributed by atoms with Gasteiger partial charge in [0, 0.05) is 0 Å². The number of ether oxygens (including phenoxy) is 1. The molecule has 0 atom stereocenters. The van der Waals surface area contributed by atoms with Gasteiger partial charge in [-0.05, 0) is 64.7 Å². The molecule has 0 fully saturated rings. The van der Waals surface area contributed by atoms with Gasteiger partial charge >= 0.3 is 0 Å². The highest BCUT2D eigenvalue weighted by molar-refractivity contribution is 6.37. The van der Waals surface area contributed by atoms with E-state index in [-0.39, 0.29) is 0 Å². The molecule has 0 unspecified atom stereocenters. The van der Waals surface area contributed by atoms with Gasteiger partial charge in [0.2, 0.25) is 0 Å². The Morgan fingerprint density at radius 2 is 1.79 bits per heavy atom. The quantitative estimate of drug-likeness (QED) is 0.257. The number of halogens is 2. The summed E-state index contributed by atoms with van der Waals surface area (Å²) >= 11 is 13.1. The Balaban J connectivity index is 1.42. The van der Waals surface area contributed by atoms with Crippen molar-refractivity contribution in [2.75, 3.05) is 0 Å². The minimum absolute atomic E-state index is 0.331. The number of hydrogen-bond donors (Lipinski definition) is 1. The fourth-order valence-electron chi connectivity index (χ4n) is 3.94. The summed E-state index contributed by atoms with van der Waals surface area (Å²) in [5.41, 5.74) is 4.90. The van der Waals surface area contributed by atoms with Gasteiger partial charge in [-0.1, -0.05) is 71.7 Å². The minimum Gasteiger partial charge on any atom is -0.486 e. The van der Waals surface area contributed by atoms with Gasteiger partial charge in [-0.3, -0.25) is 0 Å². The first-order valence-corrected chi connectivity index (χ1v) is 11.4. The van der Waals surface area contributed by atoms with Crippen LogP contribution in [0.2, 0.25) is 10.0 Å². The summed E-state index contributed by atoms with van der Waals surface area (Å²) in [4.78, 5) is 7.74. The maximum Gasteiger partial charge on any atom is 0.157 e. The number of fused-ring (bicyclic) bond motifs is 2. The number of aryl methyl sites for hydroxylation is 1. The molecule has 0 radical (unpaired) electrons. The predicted molar refractivity (Wildman–Crippen MR) is 139 cm³/mol. The smallest absolute Gasteiger partial charge is 0.157 e. The van der Waals surface area contributed by atoms with Crippen LogP contribution < -0.4 is 4.74 Å². The number of hydrogen-bond acceptors (Lipinski definition) is 3. The lowest BCUT2D eigenvalue weighted by Crippen LogP contribution is -1.98. The van der Waals surface area contributed by atoms with Crippen molar-refractivity contribution in [2.24, 2.45) is 0 Å². The van der Waals surface area contributed by atoms with Gasteiger partial charge in [0.25, 0.3) is 0 Å². The topological polar surface area (TPSA) is 61.7 Å². The summed E-state index contributed by atoms with van der Waals surface area (Å²) in [6.07, 6.45) is 1.71. The van der Waals surface area contributed by atoms with Gasteiger partial charge in [-0.15, -0.1) is 0 Å². The molecular formula is C28H19Cl2N3O. The lowest BCUT2D eigenvalue weighted by molar-refractivity contribution is 0.308. The molecule has 0 aliphatic carbocycles. The Kier molecular flexibility index (Phi) is 5.98. The third-order valence-corrected chi connectivity index (χ3v) is 6.16. The van der Waals surface area contributed by atoms with Crippen molar-refractivity contribution < 1.29 is 4.74 Å². The number of nitriles is 1. The van der Waals surface area contributed by atoms with Crippen LogP contribution in [0.15, 0.2) is 72.8 Å². The monoisotopic (exact) mass is 483 g/mol. The molecular weight excluding hydrogens is 465 g/mol. The zero-order chi connectivity index (χ0) is 23.7. The fraction of sp³-hybridized carbons (Fsp3) is 0.0714. The number of benzene rings is 4. The highest BCUT2D eigenvalue weighted by Gasteiger charge is 2.13. The zero-order valence-electron chi connectivity index (χ0n) is 18.3. The SMILES string of the molecule is Cc1ccc2nc(C(C#N)=Cc3cc(Cl)c(OCc4cccc5ccccc45)c(Cl)c3)[nH]c2c1. The normalized spacial score (nSPS) is 11.6. The number of rotatable bonds is 5. The second-order valence-corrected chi connectivity index (χ2v) is 8.83. The van der Waals surface area contributed by atoms with E-state index < -0.39 is 0 Å². The van der Waals surface area contributed by atoms with E-state index >= 15 is 0 Å². The van der Waals surface area contributed by atoms with E-state index in [4.69, 9.17) is 27.9 Å². The van der Waals surface area contributed by atoms with Gasteiger partial charge < -0.3 is 9.72 Å². The third-order valence-electron chi connectivity index (χ3n) is 5.60. The van der Waals surface area contributed by atoms with Crippen molar-refractivity contribution in [1.29, 1.82) is 5.26 Å². The summed E-state index contributed by atoms with van der Waals surface area (Å²) in [5.74, 6) is 0.901. The van der Waals surface area contributed by atoms with Crippen LogP contribution in [0.25, 0.3) is 33.5 Å². The Morgan fingerprint density at radius 3 is 2.59 bits per heavy atom. The number of nitrogens with zero attached hydrogens (tertiary/aromatic N) is 2.